The van der Waals surface area contributed by atoms with E-state index in [4.69, 9.17) is 4.74 Å². The Hall–Kier alpha value is -1.51. The lowest BCUT2D eigenvalue weighted by Gasteiger charge is -2.06. The highest BCUT2D eigenvalue weighted by molar-refractivity contribution is 5.64. The number of para-hydroxylation sites is 1. The van der Waals surface area contributed by atoms with Crippen molar-refractivity contribution in [1.82, 2.24) is 0 Å². The molecular formula is C11H13O3. The summed E-state index contributed by atoms with van der Waals surface area (Å²) in [6, 6.07) is 8.31. The van der Waals surface area contributed by atoms with Gasteiger partial charge in [0.25, 0.3) is 0 Å². The average molecular weight is 193 g/mol. The molecule has 1 radical (unpaired) electrons. The number of carbonyl (C=O) groups is 1. The quantitative estimate of drug-likeness (QED) is 0.546. The summed E-state index contributed by atoms with van der Waals surface area (Å²) >= 11 is 0. The summed E-state index contributed by atoms with van der Waals surface area (Å²) in [6.45, 7) is 4.03. The monoisotopic (exact) mass is 193 g/mol. The molecule has 0 spiro atoms. The number of hydrogen-bond donors (Lipinski definition) is 0. The normalized spacial score (nSPS) is 9.57. The number of rotatable bonds is 3. The second kappa shape index (κ2) is 5.27. The first kappa shape index (κ1) is 10.6. The van der Waals surface area contributed by atoms with E-state index in [0.29, 0.717) is 12.4 Å². The zero-order valence-electron chi connectivity index (χ0n) is 8.37. The first-order valence-electron chi connectivity index (χ1n) is 4.62. The molecule has 0 saturated heterocycles. The highest BCUT2D eigenvalue weighted by atomic mass is 16.7. The summed E-state index contributed by atoms with van der Waals surface area (Å²) < 4.78 is 9.62. The predicted octanol–water partition coefficient (Wildman–Crippen LogP) is 2.58. The second-order valence-corrected chi connectivity index (χ2v) is 2.66. The highest BCUT2D eigenvalue weighted by Gasteiger charge is 2.07. The van der Waals surface area contributed by atoms with Crippen LogP contribution in [0, 0.1) is 6.07 Å². The Morgan fingerprint density at radius 2 is 2.29 bits per heavy atom. The van der Waals surface area contributed by atoms with Crippen LogP contribution < -0.4 is 4.74 Å². The summed E-state index contributed by atoms with van der Waals surface area (Å²) in [5, 5.41) is 0. The molecule has 1 aromatic rings. The van der Waals surface area contributed by atoms with Crippen LogP contribution in [0.1, 0.15) is 19.4 Å². The summed E-state index contributed by atoms with van der Waals surface area (Å²) in [6.07, 6.45) is 0.121. The van der Waals surface area contributed by atoms with Crippen molar-refractivity contribution in [3.8, 4) is 5.75 Å². The van der Waals surface area contributed by atoms with Crippen molar-refractivity contribution < 1.29 is 14.3 Å². The van der Waals surface area contributed by atoms with Gasteiger partial charge in [-0.1, -0.05) is 25.1 Å². The van der Waals surface area contributed by atoms with E-state index in [0.717, 1.165) is 12.0 Å². The fourth-order valence-electron chi connectivity index (χ4n) is 1.06. The van der Waals surface area contributed by atoms with E-state index < -0.39 is 6.16 Å². The Morgan fingerprint density at radius 1 is 1.50 bits per heavy atom. The molecule has 0 N–H and O–H groups in total. The van der Waals surface area contributed by atoms with Gasteiger partial charge in [0.1, 0.15) is 5.75 Å². The lowest BCUT2D eigenvalue weighted by molar-refractivity contribution is 0.104. The maximum Gasteiger partial charge on any atom is 0.513 e. The minimum absolute atomic E-state index is 0.313. The molecule has 0 fully saturated rings. The van der Waals surface area contributed by atoms with Crippen LogP contribution >= 0.6 is 0 Å². The molecule has 0 aliphatic rings. The third-order valence-corrected chi connectivity index (χ3v) is 1.73. The molecule has 3 heteroatoms. The van der Waals surface area contributed by atoms with E-state index >= 15 is 0 Å². The van der Waals surface area contributed by atoms with Crippen LogP contribution in [0.25, 0.3) is 0 Å². The molecule has 0 aliphatic carbocycles. The van der Waals surface area contributed by atoms with Crippen LogP contribution in [0.2, 0.25) is 0 Å². The fourth-order valence-corrected chi connectivity index (χ4v) is 1.06. The topological polar surface area (TPSA) is 35.5 Å². The van der Waals surface area contributed by atoms with Crippen LogP contribution in [-0.4, -0.2) is 12.8 Å². The van der Waals surface area contributed by atoms with Crippen LogP contribution in [0.15, 0.2) is 18.2 Å². The largest absolute Gasteiger partial charge is 0.513 e. The molecule has 0 atom stereocenters. The summed E-state index contributed by atoms with van der Waals surface area (Å²) in [7, 11) is 0. The van der Waals surface area contributed by atoms with Gasteiger partial charge in [0.15, 0.2) is 0 Å². The van der Waals surface area contributed by atoms with E-state index in [1.165, 1.54) is 0 Å². The van der Waals surface area contributed by atoms with Crippen molar-refractivity contribution in [3.05, 3.63) is 29.8 Å². The van der Waals surface area contributed by atoms with E-state index in [1.54, 1.807) is 13.0 Å². The molecule has 0 heterocycles. The number of benzene rings is 1. The van der Waals surface area contributed by atoms with Gasteiger partial charge in [0, 0.05) is 6.07 Å². The smallest absolute Gasteiger partial charge is 0.434 e. The van der Waals surface area contributed by atoms with Gasteiger partial charge < -0.3 is 9.47 Å². The number of ether oxygens (including phenoxy) is 2. The zero-order valence-corrected chi connectivity index (χ0v) is 8.37. The van der Waals surface area contributed by atoms with Crippen LogP contribution in [0.5, 0.6) is 5.75 Å². The van der Waals surface area contributed by atoms with Crippen molar-refractivity contribution in [2.24, 2.45) is 0 Å². The van der Waals surface area contributed by atoms with E-state index in [2.05, 4.69) is 10.8 Å². The van der Waals surface area contributed by atoms with E-state index in [1.807, 2.05) is 19.1 Å². The minimum atomic E-state index is -0.676. The summed E-state index contributed by atoms with van der Waals surface area (Å²) in [5.74, 6) is 0.452. The lowest BCUT2D eigenvalue weighted by atomic mass is 10.1. The molecule has 0 aromatic heterocycles. The first-order valence-corrected chi connectivity index (χ1v) is 4.62. The number of carbonyl (C=O) groups excluding carboxylic acids is 1. The third-order valence-electron chi connectivity index (χ3n) is 1.73. The van der Waals surface area contributed by atoms with Gasteiger partial charge in [-0.3, -0.25) is 0 Å². The van der Waals surface area contributed by atoms with E-state index in [9.17, 15) is 4.79 Å². The third kappa shape index (κ3) is 2.76. The highest BCUT2D eigenvalue weighted by Crippen LogP contribution is 2.17. The molecular weight excluding hydrogens is 180 g/mol. The van der Waals surface area contributed by atoms with Gasteiger partial charge in [0.2, 0.25) is 0 Å². The standard InChI is InChI=1S/C11H13O3/c1-3-9-7-5-6-8-10(9)14-11(12)13-4-2/h5-7H,3-4H2,1-2H3. The Kier molecular flexibility index (Phi) is 3.98. The molecule has 1 aromatic carbocycles. The molecule has 3 nitrogen and oxygen atoms in total. The molecule has 0 bridgehead atoms. The molecule has 0 saturated carbocycles. The minimum Gasteiger partial charge on any atom is -0.434 e. The van der Waals surface area contributed by atoms with Crippen molar-refractivity contribution in [2.75, 3.05) is 6.61 Å². The second-order valence-electron chi connectivity index (χ2n) is 2.66. The van der Waals surface area contributed by atoms with Gasteiger partial charge in [0.05, 0.1) is 6.61 Å². The summed E-state index contributed by atoms with van der Waals surface area (Å²) in [4.78, 5) is 11.0. The van der Waals surface area contributed by atoms with Crippen molar-refractivity contribution in [2.45, 2.75) is 20.3 Å². The number of hydrogen-bond acceptors (Lipinski definition) is 3. The van der Waals surface area contributed by atoms with Crippen molar-refractivity contribution >= 4 is 6.16 Å². The molecule has 0 aliphatic heterocycles. The maximum absolute atomic E-state index is 11.0. The first-order chi connectivity index (χ1) is 6.77. The predicted molar refractivity (Wildman–Crippen MR) is 52.3 cm³/mol. The molecule has 1 rings (SSSR count). The van der Waals surface area contributed by atoms with Crippen molar-refractivity contribution in [1.29, 1.82) is 0 Å². The van der Waals surface area contributed by atoms with E-state index in [-0.39, 0.29) is 0 Å². The Labute approximate surface area is 83.6 Å². The Morgan fingerprint density at radius 3 is 2.93 bits per heavy atom. The molecule has 14 heavy (non-hydrogen) atoms. The summed E-state index contributed by atoms with van der Waals surface area (Å²) in [5.41, 5.74) is 0.945. The number of aryl methyl sites for hydroxylation is 1. The Balaban J connectivity index is 2.70. The van der Waals surface area contributed by atoms with Crippen molar-refractivity contribution in [3.63, 3.8) is 0 Å². The lowest BCUT2D eigenvalue weighted by Crippen LogP contribution is -2.11. The SMILES string of the molecule is CCOC(=O)Oc1[c]cccc1CC. The van der Waals surface area contributed by atoms with Gasteiger partial charge in [-0.2, -0.15) is 0 Å². The fraction of sp³-hybridized carbons (Fsp3) is 0.364. The molecule has 0 unspecified atom stereocenters. The van der Waals surface area contributed by atoms with Crippen LogP contribution in [0.3, 0.4) is 0 Å². The van der Waals surface area contributed by atoms with Crippen LogP contribution in [-0.2, 0) is 11.2 Å². The van der Waals surface area contributed by atoms with Crippen LogP contribution in [0.4, 0.5) is 4.79 Å². The maximum atomic E-state index is 11.0. The van der Waals surface area contributed by atoms with Gasteiger partial charge in [-0.25, -0.2) is 4.79 Å². The molecule has 0 amide bonds. The average Bonchev–Trinajstić information content (AvgIpc) is 2.19. The van der Waals surface area contributed by atoms with Gasteiger partial charge >= 0.3 is 6.16 Å². The van der Waals surface area contributed by atoms with Gasteiger partial charge in [-0.15, -0.1) is 0 Å². The molecule has 75 valence electrons. The van der Waals surface area contributed by atoms with Gasteiger partial charge in [-0.05, 0) is 18.9 Å². The zero-order chi connectivity index (χ0) is 10.4. The Bertz CT molecular complexity index is 307.